The van der Waals surface area contributed by atoms with Crippen LogP contribution in [-0.2, 0) is 4.79 Å². The maximum atomic E-state index is 13.1. The molecule has 7 nitrogen and oxygen atoms in total. The van der Waals surface area contributed by atoms with E-state index in [-0.39, 0.29) is 18.2 Å². The van der Waals surface area contributed by atoms with Crippen LogP contribution in [0.5, 0.6) is 11.5 Å². The van der Waals surface area contributed by atoms with Crippen molar-refractivity contribution in [2.45, 2.75) is 12.3 Å². The van der Waals surface area contributed by atoms with Crippen LogP contribution in [0.4, 0.5) is 16.2 Å². The van der Waals surface area contributed by atoms with E-state index in [1.54, 1.807) is 43.4 Å². The summed E-state index contributed by atoms with van der Waals surface area (Å²) in [5.41, 5.74) is 2.77. The molecule has 1 atom stereocenters. The van der Waals surface area contributed by atoms with Gasteiger partial charge in [-0.25, -0.2) is 9.79 Å². The molecule has 0 bridgehead atoms. The number of rotatable bonds is 5. The van der Waals surface area contributed by atoms with E-state index in [9.17, 15) is 9.59 Å². The summed E-state index contributed by atoms with van der Waals surface area (Å²) in [5, 5.41) is 3.30. The quantitative estimate of drug-likeness (QED) is 0.522. The van der Waals surface area contributed by atoms with Crippen molar-refractivity contribution in [3.05, 3.63) is 83.4 Å². The Morgan fingerprint density at radius 2 is 1.53 bits per heavy atom. The summed E-state index contributed by atoms with van der Waals surface area (Å²) >= 11 is 5.91. The fraction of sp³-hybridized carbons (Fsp3) is 0.192. The van der Waals surface area contributed by atoms with Gasteiger partial charge in [-0.1, -0.05) is 23.7 Å². The van der Waals surface area contributed by atoms with Crippen molar-refractivity contribution in [3.8, 4) is 11.5 Å². The van der Waals surface area contributed by atoms with E-state index in [2.05, 4.69) is 10.3 Å². The molecule has 174 valence electrons. The molecule has 0 aromatic heterocycles. The lowest BCUT2D eigenvalue weighted by molar-refractivity contribution is -0.117. The van der Waals surface area contributed by atoms with Gasteiger partial charge in [-0.3, -0.25) is 4.79 Å². The maximum absolute atomic E-state index is 13.1. The molecule has 8 heteroatoms. The topological polar surface area (TPSA) is 80.2 Å². The summed E-state index contributed by atoms with van der Waals surface area (Å²) in [6.07, 6.45) is 0.0246. The van der Waals surface area contributed by atoms with Crippen molar-refractivity contribution < 1.29 is 19.1 Å². The Balaban J connectivity index is 1.63. The molecule has 3 aromatic carbocycles. The summed E-state index contributed by atoms with van der Waals surface area (Å²) in [4.78, 5) is 31.8. The minimum Gasteiger partial charge on any atom is -0.497 e. The highest BCUT2D eigenvalue weighted by molar-refractivity contribution is 6.30. The summed E-state index contributed by atoms with van der Waals surface area (Å²) in [6.45, 7) is 0.352. The Hall–Kier alpha value is -3.84. The molecule has 1 saturated heterocycles. The zero-order chi connectivity index (χ0) is 24.1. The van der Waals surface area contributed by atoms with Gasteiger partial charge in [0.1, 0.15) is 11.5 Å². The molecule has 3 amide bonds. The monoisotopic (exact) mass is 477 g/mol. The summed E-state index contributed by atoms with van der Waals surface area (Å²) in [6, 6.07) is 21.1. The Morgan fingerprint density at radius 3 is 2.12 bits per heavy atom. The number of ether oxygens (including phenoxy) is 2. The van der Waals surface area contributed by atoms with E-state index in [4.69, 9.17) is 21.1 Å². The fourth-order valence-electron chi connectivity index (χ4n) is 3.84. The molecule has 1 aliphatic rings. The van der Waals surface area contributed by atoms with Gasteiger partial charge in [0, 0.05) is 34.6 Å². The molecule has 1 unspecified atom stereocenters. The van der Waals surface area contributed by atoms with Crippen LogP contribution in [0.25, 0.3) is 0 Å². The summed E-state index contributed by atoms with van der Waals surface area (Å²) < 4.78 is 10.5. The number of carbonyl (C=O) groups is 2. The first kappa shape index (κ1) is 23.3. The zero-order valence-corrected chi connectivity index (χ0v) is 19.6. The van der Waals surface area contributed by atoms with Gasteiger partial charge < -0.3 is 19.7 Å². The number of carbonyl (C=O) groups excluding carboxylic acids is 2. The Labute approximate surface area is 203 Å². The first-order valence-corrected chi connectivity index (χ1v) is 11.1. The molecule has 1 heterocycles. The van der Waals surface area contributed by atoms with E-state index in [1.165, 1.54) is 0 Å². The number of amides is 3. The molecule has 1 N–H and O–H groups in total. The number of nitrogens with one attached hydrogen (secondary N) is 1. The van der Waals surface area contributed by atoms with Gasteiger partial charge >= 0.3 is 6.03 Å². The highest BCUT2D eigenvalue weighted by atomic mass is 35.5. The SMILES string of the molecule is COc1ccc(C2CN(c3ccc(OC)cc3)C(=O)C/C2=N\C(=O)Nc2ccc(Cl)cc2)cc1. The second kappa shape index (κ2) is 10.4. The molecular weight excluding hydrogens is 454 g/mol. The Bertz CT molecular complexity index is 1190. The number of hydrogen-bond acceptors (Lipinski definition) is 4. The van der Waals surface area contributed by atoms with E-state index in [0.29, 0.717) is 28.7 Å². The summed E-state index contributed by atoms with van der Waals surface area (Å²) in [5.74, 6) is 1.04. The molecule has 3 aromatic rings. The number of anilines is 2. The Morgan fingerprint density at radius 1 is 0.941 bits per heavy atom. The lowest BCUT2D eigenvalue weighted by Crippen LogP contribution is -2.44. The fourth-order valence-corrected chi connectivity index (χ4v) is 3.97. The van der Waals surface area contributed by atoms with Crippen LogP contribution in [-0.4, -0.2) is 38.4 Å². The van der Waals surface area contributed by atoms with Gasteiger partial charge in [0.2, 0.25) is 5.91 Å². The molecule has 0 radical (unpaired) electrons. The van der Waals surface area contributed by atoms with Gasteiger partial charge in [-0.2, -0.15) is 0 Å². The third kappa shape index (κ3) is 5.38. The van der Waals surface area contributed by atoms with Gasteiger partial charge in [0.15, 0.2) is 0 Å². The maximum Gasteiger partial charge on any atom is 0.345 e. The van der Waals surface area contributed by atoms with Crippen molar-refractivity contribution in [3.63, 3.8) is 0 Å². The van der Waals surface area contributed by atoms with Crippen LogP contribution in [0.1, 0.15) is 17.9 Å². The number of methoxy groups -OCH3 is 2. The third-order valence-electron chi connectivity index (χ3n) is 5.64. The number of nitrogens with zero attached hydrogens (tertiary/aromatic N) is 2. The molecule has 4 rings (SSSR count). The van der Waals surface area contributed by atoms with Gasteiger partial charge in [0.05, 0.1) is 20.6 Å². The number of benzene rings is 3. The predicted molar refractivity (Wildman–Crippen MR) is 134 cm³/mol. The molecule has 34 heavy (non-hydrogen) atoms. The number of halogens is 1. The number of urea groups is 1. The van der Waals surface area contributed by atoms with E-state index in [1.807, 2.05) is 48.5 Å². The zero-order valence-electron chi connectivity index (χ0n) is 18.8. The van der Waals surface area contributed by atoms with Gasteiger partial charge in [-0.15, -0.1) is 0 Å². The van der Waals surface area contributed by atoms with Crippen molar-refractivity contribution >= 4 is 40.6 Å². The lowest BCUT2D eigenvalue weighted by atomic mass is 9.87. The second-order valence-corrected chi connectivity index (χ2v) is 8.18. The molecular formula is C26H24ClN3O4. The van der Waals surface area contributed by atoms with Crippen molar-refractivity contribution in [1.82, 2.24) is 0 Å². The second-order valence-electron chi connectivity index (χ2n) is 7.75. The van der Waals surface area contributed by atoms with Crippen LogP contribution in [0.15, 0.2) is 77.8 Å². The standard InChI is InChI=1S/C26H24ClN3O4/c1-33-21-11-3-17(4-12-21)23-16-30(20-9-13-22(34-2)14-10-20)25(31)15-24(23)29-26(32)28-19-7-5-18(27)6-8-19/h3-14,23H,15-16H2,1-2H3,(H,28,32)/b29-24+. The summed E-state index contributed by atoms with van der Waals surface area (Å²) in [7, 11) is 3.20. The van der Waals surface area contributed by atoms with Gasteiger partial charge in [0.25, 0.3) is 0 Å². The average molecular weight is 478 g/mol. The molecule has 0 saturated carbocycles. The van der Waals surface area contributed by atoms with E-state index in [0.717, 1.165) is 17.0 Å². The minimum absolute atomic E-state index is 0.0246. The Kier molecular flexibility index (Phi) is 7.13. The number of aliphatic imine (C=N–C) groups is 1. The average Bonchev–Trinajstić information content (AvgIpc) is 2.86. The predicted octanol–water partition coefficient (Wildman–Crippen LogP) is 5.55. The van der Waals surface area contributed by atoms with Crippen LogP contribution >= 0.6 is 11.6 Å². The van der Waals surface area contributed by atoms with Crippen molar-refractivity contribution in [2.24, 2.45) is 4.99 Å². The molecule has 1 aliphatic heterocycles. The first-order valence-electron chi connectivity index (χ1n) is 10.7. The normalized spacial score (nSPS) is 16.9. The van der Waals surface area contributed by atoms with E-state index >= 15 is 0 Å². The van der Waals surface area contributed by atoms with Crippen LogP contribution in [0, 0.1) is 0 Å². The van der Waals surface area contributed by atoms with Crippen molar-refractivity contribution in [1.29, 1.82) is 0 Å². The first-order chi connectivity index (χ1) is 16.5. The lowest BCUT2D eigenvalue weighted by Gasteiger charge is -2.34. The smallest absolute Gasteiger partial charge is 0.345 e. The highest BCUT2D eigenvalue weighted by Crippen LogP contribution is 2.31. The van der Waals surface area contributed by atoms with Crippen LogP contribution in [0.2, 0.25) is 5.02 Å². The molecule has 0 aliphatic carbocycles. The van der Waals surface area contributed by atoms with Gasteiger partial charge in [-0.05, 0) is 66.2 Å². The largest absolute Gasteiger partial charge is 0.497 e. The van der Waals surface area contributed by atoms with E-state index < -0.39 is 6.03 Å². The third-order valence-corrected chi connectivity index (χ3v) is 5.90. The van der Waals surface area contributed by atoms with Crippen LogP contribution < -0.4 is 19.7 Å². The van der Waals surface area contributed by atoms with Crippen molar-refractivity contribution in [2.75, 3.05) is 31.0 Å². The molecule has 1 fully saturated rings. The minimum atomic E-state index is -0.540. The van der Waals surface area contributed by atoms with Crippen LogP contribution in [0.3, 0.4) is 0 Å². The number of piperidine rings is 1. The highest BCUT2D eigenvalue weighted by Gasteiger charge is 2.33. The molecule has 0 spiro atoms. The number of hydrogen-bond donors (Lipinski definition) is 1.